The first-order valence-electron chi connectivity index (χ1n) is 8.37. The van der Waals surface area contributed by atoms with Gasteiger partial charge in [0.1, 0.15) is 5.52 Å². The number of amides is 1. The van der Waals surface area contributed by atoms with Crippen molar-refractivity contribution in [2.24, 2.45) is 0 Å². The van der Waals surface area contributed by atoms with Crippen LogP contribution in [0.4, 0.5) is 0 Å². The summed E-state index contributed by atoms with van der Waals surface area (Å²) in [5.74, 6) is 0.644. The van der Waals surface area contributed by atoms with E-state index in [9.17, 15) is 4.79 Å². The number of nitrogens with zero attached hydrogens (tertiary/aromatic N) is 1. The van der Waals surface area contributed by atoms with Crippen molar-refractivity contribution in [1.29, 1.82) is 0 Å². The molecule has 0 atom stereocenters. The van der Waals surface area contributed by atoms with E-state index < -0.39 is 0 Å². The maximum absolute atomic E-state index is 12.2. The molecule has 4 aromatic rings. The standard InChI is InChI=1S/C20H19N3O2/c1-13-23-18-7-6-14(10-19(18)25-13)11-20(24)21-9-8-15-12-22-17-5-3-2-4-16(15)17/h2-7,10,12,22H,8-9,11H2,1H3,(H,21,24). The third-order valence-electron chi connectivity index (χ3n) is 4.32. The number of carbonyl (C=O) groups is 1. The maximum Gasteiger partial charge on any atom is 0.224 e. The van der Waals surface area contributed by atoms with Crippen molar-refractivity contribution in [2.75, 3.05) is 6.54 Å². The zero-order valence-corrected chi connectivity index (χ0v) is 14.0. The smallest absolute Gasteiger partial charge is 0.224 e. The summed E-state index contributed by atoms with van der Waals surface area (Å²) >= 11 is 0. The molecule has 0 unspecified atom stereocenters. The fourth-order valence-electron chi connectivity index (χ4n) is 3.12. The SMILES string of the molecule is Cc1nc2ccc(CC(=O)NCCc3c[nH]c4ccccc34)cc2o1. The largest absolute Gasteiger partial charge is 0.441 e. The number of para-hydroxylation sites is 1. The van der Waals surface area contributed by atoms with Crippen LogP contribution >= 0.6 is 0 Å². The Bertz CT molecular complexity index is 1050. The second-order valence-electron chi connectivity index (χ2n) is 6.17. The van der Waals surface area contributed by atoms with Gasteiger partial charge < -0.3 is 14.7 Å². The van der Waals surface area contributed by atoms with Crippen LogP contribution in [-0.2, 0) is 17.6 Å². The van der Waals surface area contributed by atoms with Crippen LogP contribution in [0.5, 0.6) is 0 Å². The summed E-state index contributed by atoms with van der Waals surface area (Å²) in [5, 5.41) is 4.20. The minimum atomic E-state index is 0.00966. The third kappa shape index (κ3) is 3.26. The molecule has 0 fully saturated rings. The number of carbonyl (C=O) groups excluding carboxylic acids is 1. The molecular formula is C20H19N3O2. The van der Waals surface area contributed by atoms with Crippen LogP contribution in [0.3, 0.4) is 0 Å². The highest BCUT2D eigenvalue weighted by atomic mass is 16.3. The molecule has 0 spiro atoms. The van der Waals surface area contributed by atoms with Crippen molar-refractivity contribution in [3.8, 4) is 0 Å². The Balaban J connectivity index is 1.35. The second kappa shape index (κ2) is 6.43. The van der Waals surface area contributed by atoms with Crippen molar-refractivity contribution in [3.63, 3.8) is 0 Å². The Morgan fingerprint density at radius 3 is 3.04 bits per heavy atom. The molecule has 126 valence electrons. The lowest BCUT2D eigenvalue weighted by atomic mass is 10.1. The van der Waals surface area contributed by atoms with Gasteiger partial charge >= 0.3 is 0 Å². The van der Waals surface area contributed by atoms with Gasteiger partial charge in [-0.3, -0.25) is 4.79 Å². The van der Waals surface area contributed by atoms with Gasteiger partial charge in [0.15, 0.2) is 11.5 Å². The van der Waals surface area contributed by atoms with E-state index in [1.165, 1.54) is 10.9 Å². The van der Waals surface area contributed by atoms with Crippen molar-refractivity contribution in [2.45, 2.75) is 19.8 Å². The van der Waals surface area contributed by atoms with E-state index >= 15 is 0 Å². The molecule has 0 bridgehead atoms. The van der Waals surface area contributed by atoms with Gasteiger partial charge in [-0.05, 0) is 35.7 Å². The van der Waals surface area contributed by atoms with Crippen molar-refractivity contribution in [1.82, 2.24) is 15.3 Å². The average molecular weight is 333 g/mol. The number of aromatic amines is 1. The highest BCUT2D eigenvalue weighted by Crippen LogP contribution is 2.18. The van der Waals surface area contributed by atoms with Crippen LogP contribution in [0.1, 0.15) is 17.0 Å². The molecule has 0 radical (unpaired) electrons. The molecule has 0 aliphatic heterocycles. The van der Waals surface area contributed by atoms with E-state index in [0.717, 1.165) is 28.6 Å². The summed E-state index contributed by atoms with van der Waals surface area (Å²) in [6.07, 6.45) is 3.15. The summed E-state index contributed by atoms with van der Waals surface area (Å²) in [6.45, 7) is 2.43. The molecule has 5 heteroatoms. The highest BCUT2D eigenvalue weighted by Gasteiger charge is 2.08. The Morgan fingerprint density at radius 1 is 1.24 bits per heavy atom. The summed E-state index contributed by atoms with van der Waals surface area (Å²) in [6, 6.07) is 13.9. The second-order valence-corrected chi connectivity index (χ2v) is 6.17. The Labute approximate surface area is 145 Å². The van der Waals surface area contributed by atoms with Crippen molar-refractivity contribution in [3.05, 3.63) is 65.7 Å². The Morgan fingerprint density at radius 2 is 2.12 bits per heavy atom. The molecule has 5 nitrogen and oxygen atoms in total. The predicted molar refractivity (Wildman–Crippen MR) is 97.5 cm³/mol. The lowest BCUT2D eigenvalue weighted by molar-refractivity contribution is -0.120. The van der Waals surface area contributed by atoms with Crippen LogP contribution < -0.4 is 5.32 Å². The number of H-pyrrole nitrogens is 1. The molecule has 1 amide bonds. The Hall–Kier alpha value is -3.08. The summed E-state index contributed by atoms with van der Waals surface area (Å²) in [7, 11) is 0. The van der Waals surface area contributed by atoms with Gasteiger partial charge in [0.25, 0.3) is 0 Å². The van der Waals surface area contributed by atoms with Crippen molar-refractivity contribution >= 4 is 27.9 Å². The van der Waals surface area contributed by atoms with E-state index in [1.807, 2.05) is 43.5 Å². The fourth-order valence-corrected chi connectivity index (χ4v) is 3.12. The summed E-state index contributed by atoms with van der Waals surface area (Å²) in [4.78, 5) is 19.7. The van der Waals surface area contributed by atoms with E-state index in [0.29, 0.717) is 18.9 Å². The molecule has 0 aliphatic carbocycles. The van der Waals surface area contributed by atoms with Crippen LogP contribution in [0.25, 0.3) is 22.0 Å². The lowest BCUT2D eigenvalue weighted by Crippen LogP contribution is -2.27. The van der Waals surface area contributed by atoms with Crippen LogP contribution in [0.2, 0.25) is 0 Å². The topological polar surface area (TPSA) is 70.9 Å². The van der Waals surface area contributed by atoms with Crippen LogP contribution in [0.15, 0.2) is 53.1 Å². The van der Waals surface area contributed by atoms with Gasteiger partial charge in [0.2, 0.25) is 5.91 Å². The number of hydrogen-bond acceptors (Lipinski definition) is 3. The number of aromatic nitrogens is 2. The van der Waals surface area contributed by atoms with Gasteiger partial charge in [-0.1, -0.05) is 24.3 Å². The van der Waals surface area contributed by atoms with Crippen LogP contribution in [0, 0.1) is 6.92 Å². The van der Waals surface area contributed by atoms with Gasteiger partial charge in [-0.2, -0.15) is 0 Å². The van der Waals surface area contributed by atoms with Gasteiger partial charge in [-0.15, -0.1) is 0 Å². The number of fused-ring (bicyclic) bond motifs is 2. The first-order chi connectivity index (χ1) is 12.2. The number of aryl methyl sites for hydroxylation is 1. The molecule has 4 rings (SSSR count). The highest BCUT2D eigenvalue weighted by molar-refractivity contribution is 5.83. The number of hydrogen-bond donors (Lipinski definition) is 2. The summed E-state index contributed by atoms with van der Waals surface area (Å²) in [5.41, 5.74) is 4.81. The number of benzene rings is 2. The van der Waals surface area contributed by atoms with E-state index in [1.54, 1.807) is 0 Å². The van der Waals surface area contributed by atoms with Crippen LogP contribution in [-0.4, -0.2) is 22.4 Å². The minimum absolute atomic E-state index is 0.00966. The maximum atomic E-state index is 12.2. The van der Waals surface area contributed by atoms with Gasteiger partial charge in [0, 0.05) is 30.6 Å². The molecule has 25 heavy (non-hydrogen) atoms. The molecular weight excluding hydrogens is 314 g/mol. The molecule has 0 aliphatic rings. The monoisotopic (exact) mass is 333 g/mol. The number of oxazole rings is 1. The van der Waals surface area contributed by atoms with Gasteiger partial charge in [0.05, 0.1) is 6.42 Å². The molecule has 2 aromatic carbocycles. The zero-order chi connectivity index (χ0) is 17.2. The molecule has 2 N–H and O–H groups in total. The first-order valence-corrected chi connectivity index (χ1v) is 8.37. The molecule has 2 aromatic heterocycles. The summed E-state index contributed by atoms with van der Waals surface area (Å²) < 4.78 is 5.51. The molecule has 0 saturated heterocycles. The number of rotatable bonds is 5. The first kappa shape index (κ1) is 15.4. The fraction of sp³-hybridized carbons (Fsp3) is 0.200. The zero-order valence-electron chi connectivity index (χ0n) is 14.0. The number of nitrogens with one attached hydrogen (secondary N) is 2. The van der Waals surface area contributed by atoms with Crippen molar-refractivity contribution < 1.29 is 9.21 Å². The third-order valence-corrected chi connectivity index (χ3v) is 4.32. The van der Waals surface area contributed by atoms with E-state index in [2.05, 4.69) is 27.4 Å². The average Bonchev–Trinajstić information content (AvgIpc) is 3.17. The van der Waals surface area contributed by atoms with E-state index in [4.69, 9.17) is 4.42 Å². The Kier molecular flexibility index (Phi) is 3.98. The molecule has 0 saturated carbocycles. The lowest BCUT2D eigenvalue weighted by Gasteiger charge is -2.05. The van der Waals surface area contributed by atoms with Gasteiger partial charge in [-0.25, -0.2) is 4.98 Å². The molecule has 2 heterocycles. The normalized spacial score (nSPS) is 11.2. The van der Waals surface area contributed by atoms with E-state index in [-0.39, 0.29) is 5.91 Å². The quantitative estimate of drug-likeness (QED) is 0.587. The predicted octanol–water partition coefficient (Wildman–Crippen LogP) is 3.52. The minimum Gasteiger partial charge on any atom is -0.441 e.